The molecule has 2 rings (SSSR count). The number of hydrogen-bond donors (Lipinski definition) is 2. The lowest BCUT2D eigenvalue weighted by atomic mass is 10.1. The van der Waals surface area contributed by atoms with Gasteiger partial charge in [-0.2, -0.15) is 0 Å². The second kappa shape index (κ2) is 4.53. The van der Waals surface area contributed by atoms with Gasteiger partial charge in [0.15, 0.2) is 6.10 Å². The van der Waals surface area contributed by atoms with E-state index in [4.69, 9.17) is 10.5 Å². The van der Waals surface area contributed by atoms with Crippen molar-refractivity contribution in [2.24, 2.45) is 5.73 Å². The van der Waals surface area contributed by atoms with Gasteiger partial charge in [-0.25, -0.2) is 0 Å². The fourth-order valence-electron chi connectivity index (χ4n) is 1.72. The molecule has 1 aliphatic rings. The number of para-hydroxylation sites is 1. The van der Waals surface area contributed by atoms with E-state index in [0.717, 1.165) is 11.3 Å². The van der Waals surface area contributed by atoms with Crippen LogP contribution in [0.5, 0.6) is 5.75 Å². The molecule has 4 nitrogen and oxygen atoms in total. The van der Waals surface area contributed by atoms with Crippen LogP contribution in [0.3, 0.4) is 0 Å². The van der Waals surface area contributed by atoms with Gasteiger partial charge in [0.2, 0.25) is 0 Å². The quantitative estimate of drug-likeness (QED) is 0.777. The van der Waals surface area contributed by atoms with Crippen molar-refractivity contribution < 1.29 is 9.53 Å². The summed E-state index contributed by atoms with van der Waals surface area (Å²) in [7, 11) is 0. The van der Waals surface area contributed by atoms with Crippen LogP contribution in [0.4, 0.5) is 0 Å². The Hall–Kier alpha value is -1.55. The average Bonchev–Trinajstić information content (AvgIpc) is 2.72. The van der Waals surface area contributed by atoms with Gasteiger partial charge in [-0.05, 0) is 18.6 Å². The number of nitrogens with one attached hydrogen (secondary N) is 1. The second-order valence-electron chi connectivity index (χ2n) is 4.06. The maximum atomic E-state index is 11.8. The number of hydrogen-bond acceptors (Lipinski definition) is 3. The first-order valence-electron chi connectivity index (χ1n) is 5.45. The molecule has 0 fully saturated rings. The molecule has 0 saturated heterocycles. The standard InChI is InChI=1S/C12H16N2O2/c1-8(7-13)14-12(15)11-6-9-4-2-3-5-10(9)16-11/h2-5,8,11H,6-7,13H2,1H3,(H,14,15)/t8-,11?/m0/s1. The summed E-state index contributed by atoms with van der Waals surface area (Å²) in [6.07, 6.45) is 0.227. The van der Waals surface area contributed by atoms with Crippen LogP contribution in [-0.4, -0.2) is 24.6 Å². The highest BCUT2D eigenvalue weighted by Crippen LogP contribution is 2.28. The van der Waals surface area contributed by atoms with E-state index in [-0.39, 0.29) is 11.9 Å². The molecular weight excluding hydrogens is 204 g/mol. The van der Waals surface area contributed by atoms with Crippen molar-refractivity contribution in [2.75, 3.05) is 6.54 Å². The van der Waals surface area contributed by atoms with Crippen LogP contribution in [-0.2, 0) is 11.2 Å². The van der Waals surface area contributed by atoms with Crippen molar-refractivity contribution in [3.05, 3.63) is 29.8 Å². The SMILES string of the molecule is C[C@@H](CN)NC(=O)C1Cc2ccccc2O1. The number of fused-ring (bicyclic) bond motifs is 1. The molecule has 0 radical (unpaired) electrons. The number of carbonyl (C=O) groups excluding carboxylic acids is 1. The van der Waals surface area contributed by atoms with Crippen molar-refractivity contribution in [1.29, 1.82) is 0 Å². The highest BCUT2D eigenvalue weighted by molar-refractivity contribution is 5.82. The molecule has 4 heteroatoms. The van der Waals surface area contributed by atoms with Gasteiger partial charge in [-0.1, -0.05) is 18.2 Å². The smallest absolute Gasteiger partial charge is 0.261 e. The molecule has 1 aliphatic heterocycles. The van der Waals surface area contributed by atoms with Crippen LogP contribution < -0.4 is 15.8 Å². The largest absolute Gasteiger partial charge is 0.480 e. The lowest BCUT2D eigenvalue weighted by Crippen LogP contribution is -2.44. The lowest BCUT2D eigenvalue weighted by Gasteiger charge is -2.15. The van der Waals surface area contributed by atoms with Gasteiger partial charge >= 0.3 is 0 Å². The summed E-state index contributed by atoms with van der Waals surface area (Å²) in [4.78, 5) is 11.8. The average molecular weight is 220 g/mol. The number of rotatable bonds is 3. The number of amides is 1. The van der Waals surface area contributed by atoms with E-state index in [0.29, 0.717) is 13.0 Å². The van der Waals surface area contributed by atoms with E-state index in [1.165, 1.54) is 0 Å². The van der Waals surface area contributed by atoms with E-state index < -0.39 is 6.10 Å². The Morgan fingerprint density at radius 3 is 3.06 bits per heavy atom. The minimum absolute atomic E-state index is 0.0141. The van der Waals surface area contributed by atoms with Gasteiger partial charge in [-0.3, -0.25) is 4.79 Å². The molecule has 0 saturated carbocycles. The van der Waals surface area contributed by atoms with Gasteiger partial charge in [0.1, 0.15) is 5.75 Å². The molecule has 1 amide bonds. The first-order valence-corrected chi connectivity index (χ1v) is 5.45. The maximum Gasteiger partial charge on any atom is 0.261 e. The lowest BCUT2D eigenvalue weighted by molar-refractivity contribution is -0.127. The minimum Gasteiger partial charge on any atom is -0.480 e. The van der Waals surface area contributed by atoms with Gasteiger partial charge in [-0.15, -0.1) is 0 Å². The highest BCUT2D eigenvalue weighted by Gasteiger charge is 2.29. The molecular formula is C12H16N2O2. The summed E-state index contributed by atoms with van der Waals surface area (Å²) in [5.41, 5.74) is 6.53. The van der Waals surface area contributed by atoms with Crippen LogP contribution in [0, 0.1) is 0 Å². The molecule has 86 valence electrons. The zero-order chi connectivity index (χ0) is 11.5. The van der Waals surface area contributed by atoms with Crippen LogP contribution in [0.1, 0.15) is 12.5 Å². The summed E-state index contributed by atoms with van der Waals surface area (Å²) in [6.45, 7) is 2.31. The third-order valence-corrected chi connectivity index (χ3v) is 2.68. The molecule has 0 bridgehead atoms. The van der Waals surface area contributed by atoms with Crippen molar-refractivity contribution >= 4 is 5.91 Å². The summed E-state index contributed by atoms with van der Waals surface area (Å²) in [5.74, 6) is 0.720. The van der Waals surface area contributed by atoms with Gasteiger partial charge in [0.25, 0.3) is 5.91 Å². The van der Waals surface area contributed by atoms with E-state index in [2.05, 4.69) is 5.32 Å². The summed E-state index contributed by atoms with van der Waals surface area (Å²) in [5, 5.41) is 2.82. The Morgan fingerprint density at radius 1 is 1.62 bits per heavy atom. The van der Waals surface area contributed by atoms with Crippen molar-refractivity contribution in [3.63, 3.8) is 0 Å². The van der Waals surface area contributed by atoms with Gasteiger partial charge < -0.3 is 15.8 Å². The molecule has 0 aromatic heterocycles. The van der Waals surface area contributed by atoms with E-state index in [1.807, 2.05) is 31.2 Å². The second-order valence-corrected chi connectivity index (χ2v) is 4.06. The number of nitrogens with two attached hydrogens (primary N) is 1. The molecule has 16 heavy (non-hydrogen) atoms. The van der Waals surface area contributed by atoms with E-state index >= 15 is 0 Å². The Bertz CT molecular complexity index is 367. The molecule has 3 N–H and O–H groups in total. The Morgan fingerprint density at radius 2 is 2.38 bits per heavy atom. The first-order chi connectivity index (χ1) is 7.70. The Kier molecular flexibility index (Phi) is 3.10. The number of ether oxygens (including phenoxy) is 1. The molecule has 1 aromatic rings. The Balaban J connectivity index is 1.98. The zero-order valence-corrected chi connectivity index (χ0v) is 9.27. The van der Waals surface area contributed by atoms with Crippen LogP contribution in [0.25, 0.3) is 0 Å². The fourth-order valence-corrected chi connectivity index (χ4v) is 1.72. The molecule has 0 aliphatic carbocycles. The van der Waals surface area contributed by atoms with Crippen molar-refractivity contribution in [1.82, 2.24) is 5.32 Å². The zero-order valence-electron chi connectivity index (χ0n) is 9.27. The summed E-state index contributed by atoms with van der Waals surface area (Å²) in [6, 6.07) is 7.70. The van der Waals surface area contributed by atoms with Crippen molar-refractivity contribution in [2.45, 2.75) is 25.5 Å². The molecule has 1 unspecified atom stereocenters. The number of benzene rings is 1. The van der Waals surface area contributed by atoms with Crippen LogP contribution in [0.15, 0.2) is 24.3 Å². The monoisotopic (exact) mass is 220 g/mol. The predicted octanol–water partition coefficient (Wildman–Crippen LogP) is 0.454. The minimum atomic E-state index is -0.411. The fraction of sp³-hybridized carbons (Fsp3) is 0.417. The molecule has 2 atom stereocenters. The predicted molar refractivity (Wildman–Crippen MR) is 61.2 cm³/mol. The number of carbonyl (C=O) groups is 1. The third-order valence-electron chi connectivity index (χ3n) is 2.68. The molecule has 1 aromatic carbocycles. The Labute approximate surface area is 94.8 Å². The van der Waals surface area contributed by atoms with E-state index in [1.54, 1.807) is 0 Å². The topological polar surface area (TPSA) is 64.3 Å². The van der Waals surface area contributed by atoms with Crippen LogP contribution in [0.2, 0.25) is 0 Å². The maximum absolute atomic E-state index is 11.8. The highest BCUT2D eigenvalue weighted by atomic mass is 16.5. The normalized spacial score (nSPS) is 19.8. The van der Waals surface area contributed by atoms with Crippen LogP contribution >= 0.6 is 0 Å². The first kappa shape index (κ1) is 11.0. The molecule has 0 spiro atoms. The summed E-state index contributed by atoms with van der Waals surface area (Å²) >= 11 is 0. The van der Waals surface area contributed by atoms with Gasteiger partial charge in [0.05, 0.1) is 0 Å². The third kappa shape index (κ3) is 2.17. The van der Waals surface area contributed by atoms with Gasteiger partial charge in [0, 0.05) is 19.0 Å². The van der Waals surface area contributed by atoms with E-state index in [9.17, 15) is 4.79 Å². The summed E-state index contributed by atoms with van der Waals surface area (Å²) < 4.78 is 5.56. The van der Waals surface area contributed by atoms with Crippen molar-refractivity contribution in [3.8, 4) is 5.75 Å². The molecule has 1 heterocycles.